The average molecular weight is 1250 g/mol. The van der Waals surface area contributed by atoms with Gasteiger partial charge in [-0.05, 0) is 114 Å². The number of nitrogens with one attached hydrogen (secondary N) is 11. The number of aliphatic hydroxyl groups is 2. The van der Waals surface area contributed by atoms with Gasteiger partial charge in [-0.15, -0.1) is 0 Å². The predicted molar refractivity (Wildman–Crippen MR) is 330 cm³/mol. The second-order valence-electron chi connectivity index (χ2n) is 22.1. The minimum atomic E-state index is -1.81. The fourth-order valence-corrected chi connectivity index (χ4v) is 9.55. The van der Waals surface area contributed by atoms with Crippen molar-refractivity contribution >= 4 is 65.0 Å². The zero-order chi connectivity index (χ0) is 66.6. The molecule has 11 amide bonds. The van der Waals surface area contributed by atoms with Gasteiger partial charge in [-0.25, -0.2) is 0 Å². The number of benzene rings is 3. The van der Waals surface area contributed by atoms with E-state index in [0.717, 1.165) is 6.92 Å². The number of nitrogens with zero attached hydrogens (tertiary/aromatic N) is 1. The zero-order valence-corrected chi connectivity index (χ0v) is 50.9. The van der Waals surface area contributed by atoms with Crippen molar-refractivity contribution in [2.75, 3.05) is 39.3 Å². The Bertz CT molecular complexity index is 2990. The molecule has 3 aromatic rings. The maximum absolute atomic E-state index is 14.5. The van der Waals surface area contributed by atoms with E-state index in [1.807, 2.05) is 0 Å². The van der Waals surface area contributed by atoms with Crippen molar-refractivity contribution < 1.29 is 63.0 Å². The number of amides is 11. The maximum Gasteiger partial charge on any atom is 0.251 e. The number of nitriles is 1. The number of carbonyl (C=O) groups is 11. The SMILES string of the molecule is CC(C)C[C@@H]1NC(=O)[C@@H](Cc2ccccc2)NC(=O)[C@H](CCN)NC(=O)[C@@H](NC(=O)[C@H](CN)NC(=O)[C@@H](NC(=O)[C@H](CCN)NC(=O)c2ccc(C#N)c(-c3ccccc3)c2)[C@@H](C)O)CCNC(=O)[C@H]([C@@H](C)O)NC(=O)[C@H](CCN)NC(=O)[C@H](CCN)NC1=O. The van der Waals surface area contributed by atoms with Gasteiger partial charge in [0.05, 0.1) is 23.8 Å². The summed E-state index contributed by atoms with van der Waals surface area (Å²) >= 11 is 0. The molecule has 1 aliphatic heterocycles. The first kappa shape index (κ1) is 73.5. The molecule has 0 aromatic heterocycles. The van der Waals surface area contributed by atoms with Crippen LogP contribution >= 0.6 is 0 Å². The van der Waals surface area contributed by atoms with Crippen LogP contribution in [0.4, 0.5) is 0 Å². The maximum atomic E-state index is 14.5. The van der Waals surface area contributed by atoms with Crippen LogP contribution in [0.3, 0.4) is 0 Å². The van der Waals surface area contributed by atoms with E-state index < -0.39 is 157 Å². The van der Waals surface area contributed by atoms with Crippen molar-refractivity contribution in [1.82, 2.24) is 58.5 Å². The lowest BCUT2D eigenvalue weighted by molar-refractivity contribution is -0.136. The Hall–Kier alpha value is -8.96. The average Bonchev–Trinajstić information content (AvgIpc) is 1.01. The van der Waals surface area contributed by atoms with Crippen molar-refractivity contribution in [2.45, 2.75) is 145 Å². The Morgan fingerprint density at radius 2 is 1.11 bits per heavy atom. The molecule has 4 rings (SSSR count). The molecule has 23 N–H and O–H groups in total. The van der Waals surface area contributed by atoms with E-state index in [-0.39, 0.29) is 81.7 Å². The number of hydrogen-bond acceptors (Lipinski definition) is 19. The molecule has 1 heterocycles. The molecule has 12 atom stereocenters. The van der Waals surface area contributed by atoms with Gasteiger partial charge in [0.2, 0.25) is 59.1 Å². The predicted octanol–water partition coefficient (Wildman–Crippen LogP) is -5.39. The summed E-state index contributed by atoms with van der Waals surface area (Å²) in [5.41, 5.74) is 31.5. The summed E-state index contributed by atoms with van der Waals surface area (Å²) in [5, 5.41) is 59.1. The summed E-state index contributed by atoms with van der Waals surface area (Å²) in [6, 6.07) is 8.25. The molecule has 1 aliphatic rings. The van der Waals surface area contributed by atoms with Gasteiger partial charge in [-0.1, -0.05) is 74.5 Å². The molecule has 0 bridgehead atoms. The molecule has 490 valence electrons. The van der Waals surface area contributed by atoms with Gasteiger partial charge < -0.3 is 97.4 Å². The van der Waals surface area contributed by atoms with E-state index in [1.165, 1.54) is 25.1 Å². The third kappa shape index (κ3) is 22.6. The van der Waals surface area contributed by atoms with Gasteiger partial charge >= 0.3 is 0 Å². The van der Waals surface area contributed by atoms with Crippen LogP contribution < -0.4 is 87.2 Å². The van der Waals surface area contributed by atoms with Crippen LogP contribution in [0.2, 0.25) is 0 Å². The van der Waals surface area contributed by atoms with Crippen LogP contribution in [0.15, 0.2) is 78.9 Å². The molecule has 1 saturated heterocycles. The van der Waals surface area contributed by atoms with Crippen molar-refractivity contribution in [3.8, 4) is 17.2 Å². The molecule has 30 heteroatoms. The molecule has 3 aromatic carbocycles. The van der Waals surface area contributed by atoms with E-state index in [9.17, 15) is 68.2 Å². The lowest BCUT2D eigenvalue weighted by Gasteiger charge is -2.28. The van der Waals surface area contributed by atoms with Crippen LogP contribution in [0, 0.1) is 17.2 Å². The fourth-order valence-electron chi connectivity index (χ4n) is 9.55. The van der Waals surface area contributed by atoms with Gasteiger partial charge in [0.25, 0.3) is 5.91 Å². The highest BCUT2D eigenvalue weighted by atomic mass is 16.3. The summed E-state index contributed by atoms with van der Waals surface area (Å²) < 4.78 is 0. The van der Waals surface area contributed by atoms with E-state index in [4.69, 9.17) is 28.7 Å². The molecule has 0 radical (unpaired) electrons. The second-order valence-corrected chi connectivity index (χ2v) is 22.1. The number of carbonyl (C=O) groups excluding carboxylic acids is 11. The molecular formula is C60H87N17O13. The summed E-state index contributed by atoms with van der Waals surface area (Å²) in [6.45, 7) is 4.10. The van der Waals surface area contributed by atoms with E-state index in [1.54, 1.807) is 74.5 Å². The fraction of sp³-hybridized carbons (Fsp3) is 0.500. The number of nitrogens with two attached hydrogens (primary N) is 5. The molecule has 0 spiro atoms. The Kier molecular flexibility index (Phi) is 30.3. The number of rotatable bonds is 24. The van der Waals surface area contributed by atoms with E-state index in [2.05, 4.69) is 64.6 Å². The van der Waals surface area contributed by atoms with Crippen LogP contribution in [-0.4, -0.2) is 187 Å². The Balaban J connectivity index is 1.69. The number of aliphatic hydroxyl groups excluding tert-OH is 2. The van der Waals surface area contributed by atoms with Crippen molar-refractivity contribution in [2.24, 2.45) is 34.6 Å². The van der Waals surface area contributed by atoms with E-state index in [0.29, 0.717) is 16.7 Å². The minimum Gasteiger partial charge on any atom is -0.391 e. The first-order valence-corrected chi connectivity index (χ1v) is 29.7. The zero-order valence-electron chi connectivity index (χ0n) is 50.9. The van der Waals surface area contributed by atoms with Gasteiger partial charge in [0.1, 0.15) is 60.4 Å². The quantitative estimate of drug-likeness (QED) is 0.0398. The summed E-state index contributed by atoms with van der Waals surface area (Å²) in [6.07, 6.45) is -4.59. The third-order valence-electron chi connectivity index (χ3n) is 14.4. The van der Waals surface area contributed by atoms with Crippen LogP contribution in [0.1, 0.15) is 87.7 Å². The molecule has 30 nitrogen and oxygen atoms in total. The Morgan fingerprint density at radius 3 is 1.63 bits per heavy atom. The lowest BCUT2D eigenvalue weighted by atomic mass is 9.97. The van der Waals surface area contributed by atoms with E-state index >= 15 is 0 Å². The molecular weight excluding hydrogens is 1170 g/mol. The summed E-state index contributed by atoms with van der Waals surface area (Å²) in [5.74, 6) is -10.8. The van der Waals surface area contributed by atoms with Gasteiger partial charge in [0.15, 0.2) is 0 Å². The number of hydrogen-bond donors (Lipinski definition) is 18. The largest absolute Gasteiger partial charge is 0.391 e. The highest BCUT2D eigenvalue weighted by Gasteiger charge is 2.38. The third-order valence-corrected chi connectivity index (χ3v) is 14.4. The second kappa shape index (κ2) is 37.1. The highest BCUT2D eigenvalue weighted by Crippen LogP contribution is 2.25. The van der Waals surface area contributed by atoms with Gasteiger partial charge in [-0.2, -0.15) is 5.26 Å². The van der Waals surface area contributed by atoms with Gasteiger partial charge in [0, 0.05) is 30.6 Å². The summed E-state index contributed by atoms with van der Waals surface area (Å²) in [7, 11) is 0. The van der Waals surface area contributed by atoms with Gasteiger partial charge in [-0.3, -0.25) is 52.7 Å². The standard InChI is InChI=1S/C60H87N17O13/c1-32(2)27-45-56(86)71-40(17-22-61)51(81)70-43(20-25-64)55(85)76-48(33(3)78)59(89)67-26-21-44(53(83)69-41(18-23-62)52(82)74-46(57(87)73-45)28-35-11-7-5-8-12-35)72-58(88)47(31-66)75-60(90)49(34(4)79)77-54(84)42(19-24-63)68-50(80)37-15-16-38(30-65)39(29-37)36-13-9-6-10-14-36/h5-16,29,32-34,40-49,78-79H,17-28,31,61-64,66H2,1-4H3,(H,67,89)(H,68,80)(H,69,83)(H,70,81)(H,71,86)(H,72,88)(H,73,87)(H,74,82)(H,75,90)(H,76,85)(H,77,84)/t33-,34-,40+,41+,42+,43+,44+,45+,46-,47+,48+,49+/m1/s1. The first-order valence-electron chi connectivity index (χ1n) is 29.7. The first-order chi connectivity index (χ1) is 42.9. The van der Waals surface area contributed by atoms with Crippen LogP contribution in [0.25, 0.3) is 11.1 Å². The molecule has 90 heavy (non-hydrogen) atoms. The highest BCUT2D eigenvalue weighted by molar-refractivity contribution is 6.01. The molecule has 1 fully saturated rings. The van der Waals surface area contributed by atoms with Crippen molar-refractivity contribution in [3.63, 3.8) is 0 Å². The van der Waals surface area contributed by atoms with Crippen molar-refractivity contribution in [1.29, 1.82) is 5.26 Å². The minimum absolute atomic E-state index is 0.0311. The molecule has 0 aliphatic carbocycles. The Labute approximate surface area is 521 Å². The monoisotopic (exact) mass is 1250 g/mol. The topological polar surface area (TPSA) is 514 Å². The summed E-state index contributed by atoms with van der Waals surface area (Å²) in [4.78, 5) is 155. The smallest absolute Gasteiger partial charge is 0.251 e. The molecule has 0 unspecified atom stereocenters. The van der Waals surface area contributed by atoms with Crippen LogP contribution in [0.5, 0.6) is 0 Å². The molecule has 0 saturated carbocycles. The Morgan fingerprint density at radius 1 is 0.589 bits per heavy atom. The van der Waals surface area contributed by atoms with Crippen LogP contribution in [-0.2, 0) is 54.4 Å². The lowest BCUT2D eigenvalue weighted by Crippen LogP contribution is -2.63. The van der Waals surface area contributed by atoms with Crippen molar-refractivity contribution in [3.05, 3.63) is 95.6 Å². The normalized spacial score (nSPS) is 21.7.